The Morgan fingerprint density at radius 2 is 2.06 bits per heavy atom. The highest BCUT2D eigenvalue weighted by Gasteiger charge is 2.32. The van der Waals surface area contributed by atoms with Crippen LogP contribution in [0.3, 0.4) is 0 Å². The van der Waals surface area contributed by atoms with Gasteiger partial charge in [-0.2, -0.15) is 0 Å². The first-order valence-electron chi connectivity index (χ1n) is 5.76. The van der Waals surface area contributed by atoms with Crippen LogP contribution in [0.2, 0.25) is 0 Å². The van der Waals surface area contributed by atoms with Crippen LogP contribution < -0.4 is 4.74 Å². The summed E-state index contributed by atoms with van der Waals surface area (Å²) in [7, 11) is 1.66. The lowest BCUT2D eigenvalue weighted by Crippen LogP contribution is -2.22. The van der Waals surface area contributed by atoms with Gasteiger partial charge in [0.1, 0.15) is 5.75 Å². The molecule has 1 saturated heterocycles. The molecule has 3 nitrogen and oxygen atoms in total. The SMILES string of the molecule is COc1ccc(/C=C/[C@]2(C)OC[C@H](C)O2)cc1. The molecule has 92 valence electrons. The molecule has 1 heterocycles. The Morgan fingerprint density at radius 3 is 2.59 bits per heavy atom. The molecule has 0 unspecified atom stereocenters. The lowest BCUT2D eigenvalue weighted by molar-refractivity contribution is -0.110. The highest BCUT2D eigenvalue weighted by atomic mass is 16.7. The molecule has 0 amide bonds. The summed E-state index contributed by atoms with van der Waals surface area (Å²) in [6, 6.07) is 7.86. The Kier molecular flexibility index (Phi) is 3.50. The van der Waals surface area contributed by atoms with Gasteiger partial charge < -0.3 is 14.2 Å². The van der Waals surface area contributed by atoms with E-state index in [0.717, 1.165) is 11.3 Å². The average molecular weight is 234 g/mol. The molecule has 0 bridgehead atoms. The molecular weight excluding hydrogens is 216 g/mol. The summed E-state index contributed by atoms with van der Waals surface area (Å²) in [5.41, 5.74) is 1.10. The topological polar surface area (TPSA) is 27.7 Å². The van der Waals surface area contributed by atoms with E-state index in [-0.39, 0.29) is 6.10 Å². The Labute approximate surface area is 102 Å². The minimum absolute atomic E-state index is 0.153. The third-order valence-electron chi connectivity index (χ3n) is 2.73. The van der Waals surface area contributed by atoms with Gasteiger partial charge in [-0.3, -0.25) is 0 Å². The van der Waals surface area contributed by atoms with Crippen LogP contribution >= 0.6 is 0 Å². The largest absolute Gasteiger partial charge is 0.497 e. The maximum absolute atomic E-state index is 5.68. The van der Waals surface area contributed by atoms with Crippen molar-refractivity contribution in [2.75, 3.05) is 13.7 Å². The van der Waals surface area contributed by atoms with E-state index in [1.165, 1.54) is 0 Å². The van der Waals surface area contributed by atoms with E-state index in [1.807, 2.05) is 50.3 Å². The fourth-order valence-electron chi connectivity index (χ4n) is 1.80. The monoisotopic (exact) mass is 234 g/mol. The zero-order chi connectivity index (χ0) is 12.3. The van der Waals surface area contributed by atoms with Crippen LogP contribution in [0.5, 0.6) is 5.75 Å². The molecule has 1 aliphatic heterocycles. The molecular formula is C14H18O3. The zero-order valence-electron chi connectivity index (χ0n) is 10.5. The molecule has 17 heavy (non-hydrogen) atoms. The number of benzene rings is 1. The summed E-state index contributed by atoms with van der Waals surface area (Å²) < 4.78 is 16.4. The molecule has 0 aliphatic carbocycles. The third-order valence-corrected chi connectivity index (χ3v) is 2.73. The maximum Gasteiger partial charge on any atom is 0.185 e. The van der Waals surface area contributed by atoms with Crippen molar-refractivity contribution < 1.29 is 14.2 Å². The average Bonchev–Trinajstić information content (AvgIpc) is 2.68. The third kappa shape index (κ3) is 3.08. The normalized spacial score (nSPS) is 28.8. The van der Waals surface area contributed by atoms with E-state index in [1.54, 1.807) is 7.11 Å². The number of hydrogen-bond acceptors (Lipinski definition) is 3. The number of hydrogen-bond donors (Lipinski definition) is 0. The summed E-state index contributed by atoms with van der Waals surface area (Å²) in [6.07, 6.45) is 4.09. The molecule has 3 heteroatoms. The molecule has 1 fully saturated rings. The fraction of sp³-hybridized carbons (Fsp3) is 0.429. The van der Waals surface area contributed by atoms with E-state index < -0.39 is 5.79 Å². The van der Waals surface area contributed by atoms with Gasteiger partial charge in [0, 0.05) is 0 Å². The quantitative estimate of drug-likeness (QED) is 0.805. The Hall–Kier alpha value is -1.32. The summed E-state index contributed by atoms with van der Waals surface area (Å²) in [5.74, 6) is 0.259. The van der Waals surface area contributed by atoms with Crippen LogP contribution in [0.4, 0.5) is 0 Å². The highest BCUT2D eigenvalue weighted by Crippen LogP contribution is 2.25. The zero-order valence-corrected chi connectivity index (χ0v) is 10.5. The molecule has 0 radical (unpaired) electrons. The number of ether oxygens (including phenoxy) is 3. The van der Waals surface area contributed by atoms with Crippen LogP contribution in [0.15, 0.2) is 30.3 Å². The molecule has 1 aromatic carbocycles. The van der Waals surface area contributed by atoms with Gasteiger partial charge >= 0.3 is 0 Å². The minimum Gasteiger partial charge on any atom is -0.497 e. The first-order valence-corrected chi connectivity index (χ1v) is 5.76. The Morgan fingerprint density at radius 1 is 1.35 bits per heavy atom. The molecule has 0 N–H and O–H groups in total. The Balaban J connectivity index is 2.04. The molecule has 1 aliphatic rings. The van der Waals surface area contributed by atoms with Crippen molar-refractivity contribution in [1.29, 1.82) is 0 Å². The predicted molar refractivity (Wildman–Crippen MR) is 66.9 cm³/mol. The predicted octanol–water partition coefficient (Wildman–Crippen LogP) is 2.86. The van der Waals surface area contributed by atoms with Crippen LogP contribution in [0.25, 0.3) is 6.08 Å². The van der Waals surface area contributed by atoms with E-state index in [2.05, 4.69) is 0 Å². The standard InChI is InChI=1S/C14H18O3/c1-11-10-16-14(2,17-11)9-8-12-4-6-13(15-3)7-5-12/h4-9,11H,10H2,1-3H3/b9-8+/t11-,14+/m0/s1. The van der Waals surface area contributed by atoms with Crippen molar-refractivity contribution in [2.24, 2.45) is 0 Å². The van der Waals surface area contributed by atoms with E-state index in [9.17, 15) is 0 Å². The van der Waals surface area contributed by atoms with Crippen molar-refractivity contribution >= 4 is 6.08 Å². The maximum atomic E-state index is 5.68. The van der Waals surface area contributed by atoms with Crippen LogP contribution in [0.1, 0.15) is 19.4 Å². The highest BCUT2D eigenvalue weighted by molar-refractivity contribution is 5.51. The van der Waals surface area contributed by atoms with Gasteiger partial charge in [-0.15, -0.1) is 0 Å². The van der Waals surface area contributed by atoms with Gasteiger partial charge in [0.15, 0.2) is 5.79 Å². The number of rotatable bonds is 3. The lowest BCUT2D eigenvalue weighted by Gasteiger charge is -2.18. The van der Waals surface area contributed by atoms with Gasteiger partial charge in [-0.05, 0) is 37.6 Å². The van der Waals surface area contributed by atoms with Crippen LogP contribution in [0, 0.1) is 0 Å². The van der Waals surface area contributed by atoms with Gasteiger partial charge in [0.2, 0.25) is 0 Å². The van der Waals surface area contributed by atoms with Crippen molar-refractivity contribution in [3.05, 3.63) is 35.9 Å². The summed E-state index contributed by atoms with van der Waals surface area (Å²) in [4.78, 5) is 0. The van der Waals surface area contributed by atoms with Crippen LogP contribution in [-0.4, -0.2) is 25.6 Å². The van der Waals surface area contributed by atoms with E-state index in [4.69, 9.17) is 14.2 Å². The molecule has 0 aromatic heterocycles. The molecule has 0 spiro atoms. The summed E-state index contributed by atoms with van der Waals surface area (Å²) >= 11 is 0. The first kappa shape index (κ1) is 12.1. The molecule has 2 atom stereocenters. The second-order valence-corrected chi connectivity index (χ2v) is 4.36. The van der Waals surface area contributed by atoms with E-state index >= 15 is 0 Å². The summed E-state index contributed by atoms with van der Waals surface area (Å²) in [6.45, 7) is 4.58. The van der Waals surface area contributed by atoms with Crippen molar-refractivity contribution in [3.63, 3.8) is 0 Å². The van der Waals surface area contributed by atoms with Crippen LogP contribution in [-0.2, 0) is 9.47 Å². The van der Waals surface area contributed by atoms with Gasteiger partial charge in [0.25, 0.3) is 0 Å². The summed E-state index contributed by atoms with van der Waals surface area (Å²) in [5, 5.41) is 0. The van der Waals surface area contributed by atoms with Gasteiger partial charge in [-0.25, -0.2) is 0 Å². The van der Waals surface area contributed by atoms with E-state index in [0.29, 0.717) is 6.61 Å². The first-order chi connectivity index (χ1) is 8.11. The minimum atomic E-state index is -0.598. The second-order valence-electron chi connectivity index (χ2n) is 4.36. The molecule has 2 rings (SSSR count). The van der Waals surface area contributed by atoms with Crippen molar-refractivity contribution in [3.8, 4) is 5.75 Å². The van der Waals surface area contributed by atoms with Crippen molar-refractivity contribution in [1.82, 2.24) is 0 Å². The lowest BCUT2D eigenvalue weighted by atomic mass is 10.1. The smallest absolute Gasteiger partial charge is 0.185 e. The number of methoxy groups -OCH3 is 1. The van der Waals surface area contributed by atoms with Crippen molar-refractivity contribution in [2.45, 2.75) is 25.7 Å². The second kappa shape index (κ2) is 4.90. The van der Waals surface area contributed by atoms with Gasteiger partial charge in [-0.1, -0.05) is 18.2 Å². The molecule has 0 saturated carbocycles. The van der Waals surface area contributed by atoms with Gasteiger partial charge in [0.05, 0.1) is 19.8 Å². The molecule has 1 aromatic rings. The fourth-order valence-corrected chi connectivity index (χ4v) is 1.80. The Bertz CT molecular complexity index is 396.